The number of aryl methyl sites for hydroxylation is 1. The van der Waals surface area contributed by atoms with Gasteiger partial charge in [0.15, 0.2) is 0 Å². The van der Waals surface area contributed by atoms with E-state index in [2.05, 4.69) is 44.0 Å². The van der Waals surface area contributed by atoms with Crippen LogP contribution in [-0.4, -0.2) is 36.7 Å². The fourth-order valence-electron chi connectivity index (χ4n) is 2.60. The van der Waals surface area contributed by atoms with Gasteiger partial charge in [-0.1, -0.05) is 13.8 Å². The maximum Gasteiger partial charge on any atom is 0.118 e. The predicted octanol–water partition coefficient (Wildman–Crippen LogP) is 2.70. The average molecular weight is 280 g/mol. The van der Waals surface area contributed by atoms with Gasteiger partial charge in [0.05, 0.1) is 12.6 Å². The van der Waals surface area contributed by atoms with Crippen molar-refractivity contribution in [3.63, 3.8) is 0 Å². The van der Waals surface area contributed by atoms with Crippen molar-refractivity contribution in [3.8, 4) is 0 Å². The van der Waals surface area contributed by atoms with Crippen molar-refractivity contribution in [2.75, 3.05) is 19.7 Å². The Morgan fingerprint density at radius 3 is 3.00 bits per heavy atom. The van der Waals surface area contributed by atoms with Crippen molar-refractivity contribution in [1.29, 1.82) is 0 Å². The van der Waals surface area contributed by atoms with Gasteiger partial charge in [-0.2, -0.15) is 0 Å². The van der Waals surface area contributed by atoms with Crippen molar-refractivity contribution in [1.82, 2.24) is 10.2 Å². The lowest BCUT2D eigenvalue weighted by Gasteiger charge is -2.21. The first-order chi connectivity index (χ1) is 9.54. The van der Waals surface area contributed by atoms with Crippen LogP contribution in [0.3, 0.4) is 0 Å². The third kappa shape index (κ3) is 4.62. The lowest BCUT2D eigenvalue weighted by molar-refractivity contribution is 0.0667. The van der Waals surface area contributed by atoms with E-state index in [1.165, 1.54) is 5.56 Å². The van der Waals surface area contributed by atoms with Crippen LogP contribution in [0.5, 0.6) is 0 Å². The molecular weight excluding hydrogens is 252 g/mol. The van der Waals surface area contributed by atoms with Crippen LogP contribution in [-0.2, 0) is 17.8 Å². The molecule has 2 rings (SSSR count). The highest BCUT2D eigenvalue weighted by Gasteiger charge is 2.17. The van der Waals surface area contributed by atoms with Gasteiger partial charge in [0.25, 0.3) is 0 Å². The van der Waals surface area contributed by atoms with E-state index in [-0.39, 0.29) is 0 Å². The molecule has 1 fully saturated rings. The van der Waals surface area contributed by atoms with E-state index >= 15 is 0 Å². The summed E-state index contributed by atoms with van der Waals surface area (Å²) in [7, 11) is 0. The highest BCUT2D eigenvalue weighted by Crippen LogP contribution is 2.18. The Morgan fingerprint density at radius 2 is 2.25 bits per heavy atom. The third-order valence-corrected chi connectivity index (χ3v) is 3.69. The van der Waals surface area contributed by atoms with Crippen molar-refractivity contribution >= 4 is 0 Å². The first-order valence-electron chi connectivity index (χ1n) is 7.70. The molecule has 1 saturated heterocycles. The lowest BCUT2D eigenvalue weighted by atomic mass is 10.2. The Kier molecular flexibility index (Phi) is 5.64. The monoisotopic (exact) mass is 280 g/mol. The molecule has 0 amide bonds. The molecule has 1 N–H and O–H groups in total. The van der Waals surface area contributed by atoms with Gasteiger partial charge >= 0.3 is 0 Å². The second-order valence-electron chi connectivity index (χ2n) is 6.10. The molecule has 20 heavy (non-hydrogen) atoms. The maximum absolute atomic E-state index is 5.84. The Bertz CT molecular complexity index is 415. The number of hydrogen-bond acceptors (Lipinski definition) is 4. The summed E-state index contributed by atoms with van der Waals surface area (Å²) in [6, 6.07) is 2.67. The molecule has 0 spiro atoms. The van der Waals surface area contributed by atoms with Crippen LogP contribution in [0.2, 0.25) is 0 Å². The minimum Gasteiger partial charge on any atom is -0.465 e. The zero-order valence-corrected chi connectivity index (χ0v) is 13.2. The van der Waals surface area contributed by atoms with Crippen LogP contribution < -0.4 is 5.32 Å². The lowest BCUT2D eigenvalue weighted by Crippen LogP contribution is -2.29. The van der Waals surface area contributed by atoms with E-state index in [1.807, 2.05) is 0 Å². The van der Waals surface area contributed by atoms with Gasteiger partial charge in [0.1, 0.15) is 11.5 Å². The molecule has 1 aliphatic rings. The molecule has 0 aromatic carbocycles. The summed E-state index contributed by atoms with van der Waals surface area (Å²) in [6.07, 6.45) is 1.44. The summed E-state index contributed by atoms with van der Waals surface area (Å²) >= 11 is 0. The molecule has 1 aromatic heterocycles. The maximum atomic E-state index is 5.84. The topological polar surface area (TPSA) is 37.6 Å². The van der Waals surface area contributed by atoms with Crippen LogP contribution in [0.4, 0.5) is 0 Å². The molecule has 0 bridgehead atoms. The number of furan rings is 1. The largest absolute Gasteiger partial charge is 0.465 e. The van der Waals surface area contributed by atoms with Gasteiger partial charge in [-0.25, -0.2) is 0 Å². The fraction of sp³-hybridized carbons (Fsp3) is 0.750. The summed E-state index contributed by atoms with van der Waals surface area (Å²) < 4.78 is 11.5. The third-order valence-electron chi connectivity index (χ3n) is 3.69. The van der Waals surface area contributed by atoms with Crippen molar-refractivity contribution < 1.29 is 9.15 Å². The Morgan fingerprint density at radius 1 is 1.45 bits per heavy atom. The molecule has 4 nitrogen and oxygen atoms in total. The molecule has 1 aliphatic heterocycles. The van der Waals surface area contributed by atoms with E-state index in [0.29, 0.717) is 12.1 Å². The summed E-state index contributed by atoms with van der Waals surface area (Å²) in [6.45, 7) is 13.3. The van der Waals surface area contributed by atoms with Gasteiger partial charge in [-0.15, -0.1) is 0 Å². The minimum absolute atomic E-state index is 0.326. The van der Waals surface area contributed by atoms with E-state index in [4.69, 9.17) is 9.15 Å². The van der Waals surface area contributed by atoms with E-state index in [9.17, 15) is 0 Å². The molecule has 0 saturated carbocycles. The van der Waals surface area contributed by atoms with Crippen molar-refractivity contribution in [3.05, 3.63) is 23.2 Å². The summed E-state index contributed by atoms with van der Waals surface area (Å²) in [5.74, 6) is 2.08. The van der Waals surface area contributed by atoms with Gasteiger partial charge in [-0.05, 0) is 26.3 Å². The number of rotatable bonds is 5. The normalized spacial score (nSPS) is 21.4. The second kappa shape index (κ2) is 7.25. The summed E-state index contributed by atoms with van der Waals surface area (Å²) in [5, 5.41) is 3.40. The highest BCUT2D eigenvalue weighted by molar-refractivity contribution is 5.20. The quantitative estimate of drug-likeness (QED) is 0.900. The summed E-state index contributed by atoms with van der Waals surface area (Å²) in [5.41, 5.74) is 1.31. The first kappa shape index (κ1) is 15.5. The summed E-state index contributed by atoms with van der Waals surface area (Å²) in [4.78, 5) is 2.47. The van der Waals surface area contributed by atoms with Crippen LogP contribution in [0.25, 0.3) is 0 Å². The smallest absolute Gasteiger partial charge is 0.118 e. The van der Waals surface area contributed by atoms with E-state index in [0.717, 1.165) is 50.7 Å². The Labute approximate surface area is 122 Å². The van der Waals surface area contributed by atoms with Crippen molar-refractivity contribution in [2.45, 2.75) is 59.4 Å². The van der Waals surface area contributed by atoms with E-state index in [1.54, 1.807) is 0 Å². The average Bonchev–Trinajstić information content (AvgIpc) is 2.58. The van der Waals surface area contributed by atoms with Crippen LogP contribution >= 0.6 is 0 Å². The molecule has 114 valence electrons. The minimum atomic E-state index is 0.326. The number of ether oxygens (including phenoxy) is 1. The standard InChI is InChI=1S/C16H28N2O2/c1-12(2)17-9-16-8-15(14(4)20-16)11-18-6-5-7-19-13(3)10-18/h8,12-13,17H,5-7,9-11H2,1-4H3. The first-order valence-corrected chi connectivity index (χ1v) is 7.70. The van der Waals surface area contributed by atoms with Crippen LogP contribution in [0, 0.1) is 6.92 Å². The number of hydrogen-bond donors (Lipinski definition) is 1. The Hall–Kier alpha value is -0.840. The molecule has 2 heterocycles. The Balaban J connectivity index is 1.94. The van der Waals surface area contributed by atoms with Gasteiger partial charge < -0.3 is 14.5 Å². The fourth-order valence-corrected chi connectivity index (χ4v) is 2.60. The molecule has 4 heteroatoms. The van der Waals surface area contributed by atoms with Crippen LogP contribution in [0.15, 0.2) is 10.5 Å². The van der Waals surface area contributed by atoms with Crippen LogP contribution in [0.1, 0.15) is 44.3 Å². The second-order valence-corrected chi connectivity index (χ2v) is 6.10. The molecule has 1 atom stereocenters. The number of nitrogens with zero attached hydrogens (tertiary/aromatic N) is 1. The molecule has 1 unspecified atom stereocenters. The SMILES string of the molecule is Cc1oc(CNC(C)C)cc1CN1CCCOC(C)C1. The van der Waals surface area contributed by atoms with E-state index < -0.39 is 0 Å². The zero-order chi connectivity index (χ0) is 14.5. The molecule has 0 radical (unpaired) electrons. The van der Waals surface area contributed by atoms with Gasteiger partial charge in [-0.3, -0.25) is 4.90 Å². The highest BCUT2D eigenvalue weighted by atomic mass is 16.5. The molecular formula is C16H28N2O2. The van der Waals surface area contributed by atoms with Crippen molar-refractivity contribution in [2.24, 2.45) is 0 Å². The zero-order valence-electron chi connectivity index (χ0n) is 13.2. The van der Waals surface area contributed by atoms with Gasteiger partial charge in [0, 0.05) is 37.8 Å². The van der Waals surface area contributed by atoms with Gasteiger partial charge in [0.2, 0.25) is 0 Å². The molecule has 0 aliphatic carbocycles. The number of nitrogens with one attached hydrogen (secondary N) is 1. The predicted molar refractivity (Wildman–Crippen MR) is 80.7 cm³/mol. The molecule has 1 aromatic rings.